The molecule has 1 amide bonds. The van der Waals surface area contributed by atoms with Crippen molar-refractivity contribution in [1.29, 1.82) is 0 Å². The van der Waals surface area contributed by atoms with Crippen LogP contribution in [0, 0.1) is 5.92 Å². The van der Waals surface area contributed by atoms with Crippen molar-refractivity contribution in [2.45, 2.75) is 32.8 Å². The van der Waals surface area contributed by atoms with Crippen LogP contribution < -0.4 is 15.4 Å². The van der Waals surface area contributed by atoms with Crippen LogP contribution in [0.2, 0.25) is 0 Å². The lowest BCUT2D eigenvalue weighted by Gasteiger charge is -2.11. The molecule has 1 aromatic carbocycles. The van der Waals surface area contributed by atoms with E-state index >= 15 is 0 Å². The SMILES string of the molecule is CC(C)Oc1ccc(NC(=O)CC2CCNC2)cc1. The van der Waals surface area contributed by atoms with Crippen molar-refractivity contribution < 1.29 is 9.53 Å². The van der Waals surface area contributed by atoms with Gasteiger partial charge in [0, 0.05) is 12.1 Å². The molecule has 1 fully saturated rings. The minimum absolute atomic E-state index is 0.0891. The summed E-state index contributed by atoms with van der Waals surface area (Å²) in [6.07, 6.45) is 1.85. The number of carbonyl (C=O) groups excluding carboxylic acids is 1. The maximum atomic E-state index is 11.9. The van der Waals surface area contributed by atoms with Gasteiger partial charge in [-0.05, 0) is 63.5 Å². The molecule has 0 bridgehead atoms. The van der Waals surface area contributed by atoms with E-state index in [2.05, 4.69) is 10.6 Å². The number of anilines is 1. The molecule has 0 aromatic heterocycles. The van der Waals surface area contributed by atoms with Gasteiger partial charge in [-0.1, -0.05) is 0 Å². The molecule has 1 heterocycles. The summed E-state index contributed by atoms with van der Waals surface area (Å²) in [5.74, 6) is 1.39. The van der Waals surface area contributed by atoms with Crippen molar-refractivity contribution >= 4 is 11.6 Å². The fourth-order valence-corrected chi connectivity index (χ4v) is 2.25. The summed E-state index contributed by atoms with van der Waals surface area (Å²) in [4.78, 5) is 11.9. The number of ether oxygens (including phenoxy) is 1. The summed E-state index contributed by atoms with van der Waals surface area (Å²) < 4.78 is 5.56. The fraction of sp³-hybridized carbons (Fsp3) is 0.533. The van der Waals surface area contributed by atoms with Crippen molar-refractivity contribution in [2.24, 2.45) is 5.92 Å². The summed E-state index contributed by atoms with van der Waals surface area (Å²) in [5, 5.41) is 6.20. The van der Waals surface area contributed by atoms with Crippen molar-refractivity contribution in [3.05, 3.63) is 24.3 Å². The van der Waals surface area contributed by atoms with Gasteiger partial charge in [-0.2, -0.15) is 0 Å². The highest BCUT2D eigenvalue weighted by molar-refractivity contribution is 5.90. The molecule has 19 heavy (non-hydrogen) atoms. The molecule has 0 saturated carbocycles. The van der Waals surface area contributed by atoms with Gasteiger partial charge >= 0.3 is 0 Å². The third-order valence-corrected chi connectivity index (χ3v) is 3.15. The second kappa shape index (κ2) is 6.57. The van der Waals surface area contributed by atoms with E-state index in [1.165, 1.54) is 0 Å². The highest BCUT2D eigenvalue weighted by atomic mass is 16.5. The van der Waals surface area contributed by atoms with Crippen LogP contribution in [0.4, 0.5) is 5.69 Å². The number of amides is 1. The lowest BCUT2D eigenvalue weighted by atomic mass is 10.0. The average Bonchev–Trinajstić information content (AvgIpc) is 2.83. The Bertz CT molecular complexity index is 409. The Hall–Kier alpha value is -1.55. The Kier molecular flexibility index (Phi) is 4.80. The predicted octanol–water partition coefficient (Wildman–Crippen LogP) is 2.41. The van der Waals surface area contributed by atoms with Gasteiger partial charge in [-0.25, -0.2) is 0 Å². The third kappa shape index (κ3) is 4.56. The zero-order chi connectivity index (χ0) is 13.7. The number of rotatable bonds is 5. The summed E-state index contributed by atoms with van der Waals surface area (Å²) in [7, 11) is 0. The molecule has 1 aromatic rings. The van der Waals surface area contributed by atoms with E-state index in [4.69, 9.17) is 4.74 Å². The smallest absolute Gasteiger partial charge is 0.224 e. The van der Waals surface area contributed by atoms with E-state index in [1.807, 2.05) is 38.1 Å². The Labute approximate surface area is 114 Å². The predicted molar refractivity (Wildman–Crippen MR) is 76.4 cm³/mol. The molecular formula is C15H22N2O2. The Morgan fingerprint density at radius 2 is 2.16 bits per heavy atom. The van der Waals surface area contributed by atoms with Crippen LogP contribution in [-0.4, -0.2) is 25.1 Å². The Balaban J connectivity index is 1.82. The first-order valence-electron chi connectivity index (χ1n) is 6.91. The molecule has 104 valence electrons. The molecule has 1 saturated heterocycles. The van der Waals surface area contributed by atoms with E-state index in [9.17, 15) is 4.79 Å². The number of hydrogen-bond donors (Lipinski definition) is 2. The first-order chi connectivity index (χ1) is 9.13. The molecule has 1 aliphatic heterocycles. The Morgan fingerprint density at radius 1 is 1.42 bits per heavy atom. The van der Waals surface area contributed by atoms with Crippen molar-refractivity contribution in [3.8, 4) is 5.75 Å². The molecule has 1 unspecified atom stereocenters. The van der Waals surface area contributed by atoms with E-state index in [1.54, 1.807) is 0 Å². The van der Waals surface area contributed by atoms with E-state index < -0.39 is 0 Å². The molecule has 1 aliphatic rings. The highest BCUT2D eigenvalue weighted by Crippen LogP contribution is 2.18. The third-order valence-electron chi connectivity index (χ3n) is 3.15. The van der Waals surface area contributed by atoms with E-state index in [-0.39, 0.29) is 12.0 Å². The van der Waals surface area contributed by atoms with Gasteiger partial charge in [0.05, 0.1) is 6.10 Å². The zero-order valence-electron chi connectivity index (χ0n) is 11.6. The van der Waals surface area contributed by atoms with Gasteiger partial charge in [0.1, 0.15) is 5.75 Å². The van der Waals surface area contributed by atoms with Crippen molar-refractivity contribution in [1.82, 2.24) is 5.32 Å². The quantitative estimate of drug-likeness (QED) is 0.856. The van der Waals surface area contributed by atoms with Crippen LogP contribution in [0.25, 0.3) is 0 Å². The normalized spacial score (nSPS) is 18.6. The van der Waals surface area contributed by atoms with Crippen molar-refractivity contribution in [2.75, 3.05) is 18.4 Å². The summed E-state index contributed by atoms with van der Waals surface area (Å²) >= 11 is 0. The molecule has 0 aliphatic carbocycles. The number of carbonyl (C=O) groups is 1. The van der Waals surface area contributed by atoms with Crippen LogP contribution in [0.1, 0.15) is 26.7 Å². The lowest BCUT2D eigenvalue weighted by Crippen LogP contribution is -2.18. The first kappa shape index (κ1) is 13.9. The van der Waals surface area contributed by atoms with Crippen LogP contribution in [0.15, 0.2) is 24.3 Å². The molecular weight excluding hydrogens is 240 g/mol. The number of hydrogen-bond acceptors (Lipinski definition) is 3. The van der Waals surface area contributed by atoms with E-state index in [0.717, 1.165) is 30.9 Å². The monoisotopic (exact) mass is 262 g/mol. The van der Waals surface area contributed by atoms with E-state index in [0.29, 0.717) is 12.3 Å². The fourth-order valence-electron chi connectivity index (χ4n) is 2.25. The van der Waals surface area contributed by atoms with Crippen molar-refractivity contribution in [3.63, 3.8) is 0 Å². The second-order valence-corrected chi connectivity index (χ2v) is 5.30. The summed E-state index contributed by atoms with van der Waals surface area (Å²) in [6.45, 7) is 5.96. The van der Waals surface area contributed by atoms with Gasteiger partial charge in [-0.3, -0.25) is 4.79 Å². The molecule has 0 spiro atoms. The number of nitrogens with one attached hydrogen (secondary N) is 2. The van der Waals surface area contributed by atoms with Gasteiger partial charge < -0.3 is 15.4 Å². The van der Waals surface area contributed by atoms with Gasteiger partial charge in [-0.15, -0.1) is 0 Å². The molecule has 4 nitrogen and oxygen atoms in total. The Morgan fingerprint density at radius 3 is 2.74 bits per heavy atom. The molecule has 0 radical (unpaired) electrons. The maximum Gasteiger partial charge on any atom is 0.224 e. The largest absolute Gasteiger partial charge is 0.491 e. The second-order valence-electron chi connectivity index (χ2n) is 5.30. The minimum atomic E-state index is 0.0891. The molecule has 2 N–H and O–H groups in total. The summed E-state index contributed by atoms with van der Waals surface area (Å²) in [6, 6.07) is 7.52. The summed E-state index contributed by atoms with van der Waals surface area (Å²) in [5.41, 5.74) is 0.826. The zero-order valence-corrected chi connectivity index (χ0v) is 11.6. The van der Waals surface area contributed by atoms with Crippen LogP contribution in [-0.2, 0) is 4.79 Å². The van der Waals surface area contributed by atoms with Crippen LogP contribution in [0.3, 0.4) is 0 Å². The van der Waals surface area contributed by atoms with Crippen LogP contribution >= 0.6 is 0 Å². The standard InChI is InChI=1S/C15H22N2O2/c1-11(2)19-14-5-3-13(4-6-14)17-15(18)9-12-7-8-16-10-12/h3-6,11-12,16H,7-10H2,1-2H3,(H,17,18). The maximum absolute atomic E-state index is 11.9. The highest BCUT2D eigenvalue weighted by Gasteiger charge is 2.17. The van der Waals surface area contributed by atoms with Gasteiger partial charge in [0.15, 0.2) is 0 Å². The topological polar surface area (TPSA) is 50.4 Å². The van der Waals surface area contributed by atoms with Gasteiger partial charge in [0.2, 0.25) is 5.91 Å². The molecule has 2 rings (SSSR count). The average molecular weight is 262 g/mol. The first-order valence-corrected chi connectivity index (χ1v) is 6.91. The van der Waals surface area contributed by atoms with Crippen LogP contribution in [0.5, 0.6) is 5.75 Å². The molecule has 4 heteroatoms. The van der Waals surface area contributed by atoms with Gasteiger partial charge in [0.25, 0.3) is 0 Å². The molecule has 1 atom stereocenters. The lowest BCUT2D eigenvalue weighted by molar-refractivity contribution is -0.116. The minimum Gasteiger partial charge on any atom is -0.491 e. The number of benzene rings is 1.